The summed E-state index contributed by atoms with van der Waals surface area (Å²) in [6, 6.07) is 8.23. The third kappa shape index (κ3) is 4.42. The van der Waals surface area contributed by atoms with Crippen LogP contribution in [0.15, 0.2) is 35.2 Å². The van der Waals surface area contributed by atoms with E-state index in [0.29, 0.717) is 29.0 Å². The summed E-state index contributed by atoms with van der Waals surface area (Å²) >= 11 is 7.26. The highest BCUT2D eigenvalue weighted by Crippen LogP contribution is 2.32. The Bertz CT molecular complexity index is 789. The molecule has 1 aromatic heterocycles. The highest BCUT2D eigenvalue weighted by atomic mass is 35.5. The van der Waals surface area contributed by atoms with Gasteiger partial charge in [0, 0.05) is 24.5 Å². The van der Waals surface area contributed by atoms with Crippen LogP contribution in [0, 0.1) is 0 Å². The van der Waals surface area contributed by atoms with Crippen LogP contribution in [0.4, 0.5) is 0 Å². The lowest BCUT2D eigenvalue weighted by Crippen LogP contribution is -2.26. The maximum Gasteiger partial charge on any atom is 0.243 e. The molecule has 1 heterocycles. The van der Waals surface area contributed by atoms with Gasteiger partial charge in [-0.1, -0.05) is 11.6 Å². The number of hydrogen-bond acceptors (Lipinski definition) is 5. The largest absolute Gasteiger partial charge is 0.490 e. The van der Waals surface area contributed by atoms with E-state index >= 15 is 0 Å². The van der Waals surface area contributed by atoms with Gasteiger partial charge in [0.15, 0.2) is 11.5 Å². The van der Waals surface area contributed by atoms with Crippen LogP contribution in [0.1, 0.15) is 18.7 Å². The molecule has 132 valence electrons. The zero-order valence-electron chi connectivity index (χ0n) is 13.8. The van der Waals surface area contributed by atoms with Gasteiger partial charge in [-0.3, -0.25) is 0 Å². The maximum absolute atomic E-state index is 12.8. The topological polar surface area (TPSA) is 55.8 Å². The van der Waals surface area contributed by atoms with E-state index in [1.807, 2.05) is 19.9 Å². The number of thiophene rings is 1. The molecule has 8 heteroatoms. The summed E-state index contributed by atoms with van der Waals surface area (Å²) in [7, 11) is -2.10. The summed E-state index contributed by atoms with van der Waals surface area (Å²) in [4.78, 5) is 1.04. The fourth-order valence-electron chi connectivity index (χ4n) is 2.11. The molecule has 0 atom stereocenters. The predicted molar refractivity (Wildman–Crippen MR) is 96.8 cm³/mol. The van der Waals surface area contributed by atoms with E-state index in [4.69, 9.17) is 21.1 Å². The molecule has 0 aliphatic rings. The molecule has 0 saturated heterocycles. The molecule has 2 rings (SSSR count). The Morgan fingerprint density at radius 3 is 2.33 bits per heavy atom. The number of ether oxygens (including phenoxy) is 2. The lowest BCUT2D eigenvalue weighted by molar-refractivity contribution is 0.287. The minimum Gasteiger partial charge on any atom is -0.490 e. The average molecular weight is 390 g/mol. The van der Waals surface area contributed by atoms with Gasteiger partial charge in [-0.2, -0.15) is 4.31 Å². The van der Waals surface area contributed by atoms with Crippen LogP contribution in [0.25, 0.3) is 0 Å². The second kappa shape index (κ2) is 8.20. The molecule has 0 unspecified atom stereocenters. The summed E-state index contributed by atoms with van der Waals surface area (Å²) in [6.45, 7) is 4.86. The van der Waals surface area contributed by atoms with Gasteiger partial charge < -0.3 is 9.47 Å². The quantitative estimate of drug-likeness (QED) is 0.684. The number of nitrogens with zero attached hydrogens (tertiary/aromatic N) is 1. The van der Waals surface area contributed by atoms with Crippen molar-refractivity contribution in [2.45, 2.75) is 25.3 Å². The second-order valence-corrected chi connectivity index (χ2v) is 8.79. The molecular weight excluding hydrogens is 370 g/mol. The molecule has 0 amide bonds. The minimum absolute atomic E-state index is 0.166. The SMILES string of the molecule is CCOc1ccc(S(=O)(=O)N(C)Cc2ccc(Cl)s2)cc1OCC. The van der Waals surface area contributed by atoms with E-state index in [0.717, 1.165) is 4.88 Å². The van der Waals surface area contributed by atoms with Crippen molar-refractivity contribution in [3.05, 3.63) is 39.5 Å². The first-order chi connectivity index (χ1) is 11.4. The smallest absolute Gasteiger partial charge is 0.243 e. The van der Waals surface area contributed by atoms with Gasteiger partial charge >= 0.3 is 0 Å². The van der Waals surface area contributed by atoms with E-state index in [1.54, 1.807) is 19.2 Å². The predicted octanol–water partition coefficient (Wildman–Crippen LogP) is 4.02. The lowest BCUT2D eigenvalue weighted by atomic mass is 10.3. The van der Waals surface area contributed by atoms with Crippen LogP contribution >= 0.6 is 22.9 Å². The first kappa shape index (κ1) is 19.1. The Morgan fingerprint density at radius 2 is 1.75 bits per heavy atom. The molecule has 1 aromatic carbocycles. The van der Waals surface area contributed by atoms with E-state index in [2.05, 4.69) is 0 Å². The van der Waals surface area contributed by atoms with E-state index < -0.39 is 10.0 Å². The summed E-state index contributed by atoms with van der Waals surface area (Å²) in [5.41, 5.74) is 0. The van der Waals surface area contributed by atoms with Crippen molar-refractivity contribution in [1.29, 1.82) is 0 Å². The number of halogens is 1. The molecule has 0 saturated carbocycles. The van der Waals surface area contributed by atoms with Crippen molar-refractivity contribution in [3.63, 3.8) is 0 Å². The zero-order chi connectivity index (χ0) is 17.7. The van der Waals surface area contributed by atoms with Crippen molar-refractivity contribution in [1.82, 2.24) is 4.31 Å². The molecule has 24 heavy (non-hydrogen) atoms. The molecular formula is C16H20ClNO4S2. The van der Waals surface area contributed by atoms with Crippen molar-refractivity contribution < 1.29 is 17.9 Å². The van der Waals surface area contributed by atoms with E-state index in [-0.39, 0.29) is 11.4 Å². The van der Waals surface area contributed by atoms with Crippen molar-refractivity contribution >= 4 is 33.0 Å². The van der Waals surface area contributed by atoms with E-state index in [1.165, 1.54) is 27.8 Å². The number of sulfonamides is 1. The van der Waals surface area contributed by atoms with Crippen LogP contribution in [0.2, 0.25) is 4.34 Å². The molecule has 0 fully saturated rings. The number of hydrogen-bond donors (Lipinski definition) is 0. The van der Waals surface area contributed by atoms with Crippen molar-refractivity contribution in [3.8, 4) is 11.5 Å². The van der Waals surface area contributed by atoms with Crippen LogP contribution in [-0.4, -0.2) is 33.0 Å². The first-order valence-electron chi connectivity index (χ1n) is 7.48. The van der Waals surface area contributed by atoms with Crippen molar-refractivity contribution in [2.24, 2.45) is 0 Å². The monoisotopic (exact) mass is 389 g/mol. The second-order valence-electron chi connectivity index (χ2n) is 4.94. The third-order valence-electron chi connectivity index (χ3n) is 3.23. The Hall–Kier alpha value is -1.28. The zero-order valence-corrected chi connectivity index (χ0v) is 16.2. The summed E-state index contributed by atoms with van der Waals surface area (Å²) in [5.74, 6) is 0.957. The van der Waals surface area contributed by atoms with Gasteiger partial charge in [0.25, 0.3) is 0 Å². The Labute approximate surface area is 151 Å². The third-order valence-corrected chi connectivity index (χ3v) is 6.25. The fourth-order valence-corrected chi connectivity index (χ4v) is 4.50. The van der Waals surface area contributed by atoms with Gasteiger partial charge in [0.2, 0.25) is 10.0 Å². The Kier molecular flexibility index (Phi) is 6.51. The fraction of sp³-hybridized carbons (Fsp3) is 0.375. The van der Waals surface area contributed by atoms with Gasteiger partial charge in [0.1, 0.15) is 0 Å². The lowest BCUT2D eigenvalue weighted by Gasteiger charge is -2.18. The van der Waals surface area contributed by atoms with Gasteiger partial charge in [-0.25, -0.2) is 8.42 Å². The highest BCUT2D eigenvalue weighted by Gasteiger charge is 2.23. The molecule has 0 bridgehead atoms. The van der Waals surface area contributed by atoms with E-state index in [9.17, 15) is 8.42 Å². The molecule has 0 spiro atoms. The average Bonchev–Trinajstić information content (AvgIpc) is 2.94. The van der Waals surface area contributed by atoms with Gasteiger partial charge in [0.05, 0.1) is 22.4 Å². The Balaban J connectivity index is 2.28. The van der Waals surface area contributed by atoms with Crippen LogP contribution in [-0.2, 0) is 16.6 Å². The van der Waals surface area contributed by atoms with Crippen LogP contribution in [0.3, 0.4) is 0 Å². The Morgan fingerprint density at radius 1 is 1.08 bits per heavy atom. The first-order valence-corrected chi connectivity index (χ1v) is 10.1. The molecule has 0 aliphatic heterocycles. The molecule has 5 nitrogen and oxygen atoms in total. The van der Waals surface area contributed by atoms with Gasteiger partial charge in [-0.05, 0) is 38.1 Å². The van der Waals surface area contributed by atoms with Crippen LogP contribution in [0.5, 0.6) is 11.5 Å². The maximum atomic E-state index is 12.8. The van der Waals surface area contributed by atoms with Crippen molar-refractivity contribution in [2.75, 3.05) is 20.3 Å². The molecule has 2 aromatic rings. The molecule has 0 radical (unpaired) electrons. The highest BCUT2D eigenvalue weighted by molar-refractivity contribution is 7.89. The molecule has 0 N–H and O–H groups in total. The summed E-state index contributed by atoms with van der Waals surface area (Å²) in [6.07, 6.45) is 0. The number of benzene rings is 1. The molecule has 0 aliphatic carbocycles. The van der Waals surface area contributed by atoms with Gasteiger partial charge in [-0.15, -0.1) is 11.3 Å². The standard InChI is InChI=1S/C16H20ClNO4S2/c1-4-21-14-8-7-13(10-15(14)22-5-2)24(19,20)18(3)11-12-6-9-16(17)23-12/h6-10H,4-5,11H2,1-3H3. The normalized spacial score (nSPS) is 11.7. The summed E-state index contributed by atoms with van der Waals surface area (Å²) < 4.78 is 38.4. The minimum atomic E-state index is -3.64. The summed E-state index contributed by atoms with van der Waals surface area (Å²) in [5, 5.41) is 0. The van der Waals surface area contributed by atoms with Crippen LogP contribution < -0.4 is 9.47 Å². The number of rotatable bonds is 8.